The Hall–Kier alpha value is -2.79. The largest absolute Gasteiger partial charge is 0.375 e. The van der Waals surface area contributed by atoms with Crippen molar-refractivity contribution in [1.29, 1.82) is 0 Å². The Kier molecular flexibility index (Phi) is 4.03. The number of para-hydroxylation sites is 1. The molecular weight excluding hydrogens is 304 g/mol. The molecule has 1 aliphatic rings. The van der Waals surface area contributed by atoms with Crippen molar-refractivity contribution in [2.45, 2.75) is 18.9 Å². The Morgan fingerprint density at radius 3 is 2.62 bits per heavy atom. The van der Waals surface area contributed by atoms with Crippen LogP contribution in [0.15, 0.2) is 60.8 Å². The van der Waals surface area contributed by atoms with Gasteiger partial charge in [0.25, 0.3) is 5.91 Å². The number of rotatable bonds is 5. The number of nitrogens with zero attached hydrogens (tertiary/aromatic N) is 2. The zero-order valence-electron chi connectivity index (χ0n) is 13.4. The van der Waals surface area contributed by atoms with Crippen molar-refractivity contribution in [3.05, 3.63) is 72.1 Å². The van der Waals surface area contributed by atoms with Gasteiger partial charge in [-0.15, -0.1) is 0 Å². The number of fused-ring (bicyclic) bond motifs is 1. The average molecular weight is 322 g/mol. The lowest BCUT2D eigenvalue weighted by atomic mass is 9.89. The Balaban J connectivity index is 1.98. The Morgan fingerprint density at radius 1 is 1.25 bits per heavy atom. The number of aliphatic hydroxyl groups is 1. The highest BCUT2D eigenvalue weighted by Crippen LogP contribution is 2.42. The molecule has 0 radical (unpaired) electrons. The van der Waals surface area contributed by atoms with E-state index in [1.54, 1.807) is 42.5 Å². The summed E-state index contributed by atoms with van der Waals surface area (Å²) in [6.07, 6.45) is 1.17. The number of amides is 1. The average Bonchev–Trinajstić information content (AvgIpc) is 2.78. The first-order chi connectivity index (χ1) is 11.4. The predicted molar refractivity (Wildman–Crippen MR) is 90.7 cm³/mol. The van der Waals surface area contributed by atoms with Gasteiger partial charge in [-0.3, -0.25) is 14.6 Å². The van der Waals surface area contributed by atoms with Crippen molar-refractivity contribution < 1.29 is 14.7 Å². The third-order valence-electron chi connectivity index (χ3n) is 4.03. The summed E-state index contributed by atoms with van der Waals surface area (Å²) in [5.74, 6) is -0.880. The van der Waals surface area contributed by atoms with Gasteiger partial charge in [0.05, 0.1) is 12.1 Å². The molecule has 2 aromatic rings. The molecule has 0 fully saturated rings. The van der Waals surface area contributed by atoms with Gasteiger partial charge in [0.1, 0.15) is 5.69 Å². The molecule has 0 saturated carbocycles. The molecule has 1 amide bonds. The van der Waals surface area contributed by atoms with E-state index in [0.717, 1.165) is 5.57 Å². The molecule has 2 heterocycles. The third-order valence-corrected chi connectivity index (χ3v) is 4.03. The molecule has 1 unspecified atom stereocenters. The molecule has 1 atom stereocenters. The summed E-state index contributed by atoms with van der Waals surface area (Å²) in [4.78, 5) is 30.8. The van der Waals surface area contributed by atoms with E-state index in [-0.39, 0.29) is 17.9 Å². The van der Waals surface area contributed by atoms with Gasteiger partial charge in [-0.05, 0) is 25.1 Å². The van der Waals surface area contributed by atoms with E-state index < -0.39 is 11.5 Å². The number of Topliss-reactive ketones (excluding diaryl/α,β-unsaturated/α-hetero) is 1. The Bertz CT molecular complexity index is 816. The lowest BCUT2D eigenvalue weighted by Gasteiger charge is -2.22. The molecule has 3 rings (SSSR count). The molecule has 0 aliphatic carbocycles. The van der Waals surface area contributed by atoms with E-state index in [1.807, 2.05) is 6.92 Å². The summed E-state index contributed by atoms with van der Waals surface area (Å²) in [5, 5.41) is 11.1. The van der Waals surface area contributed by atoms with Gasteiger partial charge in [-0.2, -0.15) is 0 Å². The topological polar surface area (TPSA) is 70.5 Å². The maximum absolute atomic E-state index is 12.8. The highest BCUT2D eigenvalue weighted by molar-refractivity contribution is 6.10. The first-order valence-electron chi connectivity index (χ1n) is 7.66. The number of anilines is 1. The van der Waals surface area contributed by atoms with Crippen LogP contribution in [0.5, 0.6) is 0 Å². The number of benzene rings is 1. The maximum atomic E-state index is 12.8. The van der Waals surface area contributed by atoms with Gasteiger partial charge >= 0.3 is 0 Å². The van der Waals surface area contributed by atoms with Crippen LogP contribution in [0, 0.1) is 0 Å². The molecule has 0 bridgehead atoms. The van der Waals surface area contributed by atoms with Crippen molar-refractivity contribution >= 4 is 17.4 Å². The second-order valence-electron chi connectivity index (χ2n) is 6.04. The van der Waals surface area contributed by atoms with Crippen LogP contribution < -0.4 is 4.90 Å². The van der Waals surface area contributed by atoms with Gasteiger partial charge in [0, 0.05) is 18.3 Å². The monoisotopic (exact) mass is 322 g/mol. The highest BCUT2D eigenvalue weighted by Gasteiger charge is 2.50. The summed E-state index contributed by atoms with van der Waals surface area (Å²) < 4.78 is 0. The molecule has 5 nitrogen and oxygen atoms in total. The standard InChI is InChI=1S/C19H18N2O3/c1-13(2)12-21-16-9-4-3-7-14(16)19(24,18(21)23)11-17(22)15-8-5-6-10-20-15/h3-10,24H,1,11-12H2,2H3. The van der Waals surface area contributed by atoms with Crippen LogP contribution in [0.2, 0.25) is 0 Å². The smallest absolute Gasteiger partial charge is 0.264 e. The summed E-state index contributed by atoms with van der Waals surface area (Å²) in [5.41, 5.74) is 0.205. The summed E-state index contributed by atoms with van der Waals surface area (Å²) in [7, 11) is 0. The number of hydrogen-bond acceptors (Lipinski definition) is 4. The van der Waals surface area contributed by atoms with Crippen LogP contribution in [0.4, 0.5) is 5.69 Å². The summed E-state index contributed by atoms with van der Waals surface area (Å²) in [6.45, 7) is 5.94. The maximum Gasteiger partial charge on any atom is 0.264 e. The van der Waals surface area contributed by atoms with Crippen molar-refractivity contribution in [2.24, 2.45) is 0 Å². The van der Waals surface area contributed by atoms with Gasteiger partial charge < -0.3 is 10.0 Å². The molecule has 1 aromatic carbocycles. The second kappa shape index (κ2) is 6.02. The Morgan fingerprint density at radius 2 is 1.96 bits per heavy atom. The molecule has 1 aromatic heterocycles. The molecule has 5 heteroatoms. The number of carbonyl (C=O) groups excluding carboxylic acids is 2. The van der Waals surface area contributed by atoms with Crippen LogP contribution in [-0.4, -0.2) is 28.3 Å². The van der Waals surface area contributed by atoms with Gasteiger partial charge in [0.15, 0.2) is 11.4 Å². The number of carbonyl (C=O) groups is 2. The molecule has 0 saturated heterocycles. The lowest BCUT2D eigenvalue weighted by Crippen LogP contribution is -2.42. The van der Waals surface area contributed by atoms with Crippen LogP contribution in [0.1, 0.15) is 29.4 Å². The first kappa shape index (κ1) is 16.1. The minimum absolute atomic E-state index is 0.231. The van der Waals surface area contributed by atoms with Crippen LogP contribution in [-0.2, 0) is 10.4 Å². The lowest BCUT2D eigenvalue weighted by molar-refractivity contribution is -0.135. The number of aromatic nitrogens is 1. The van der Waals surface area contributed by atoms with Crippen LogP contribution >= 0.6 is 0 Å². The zero-order chi connectivity index (χ0) is 17.3. The van der Waals surface area contributed by atoms with Gasteiger partial charge in [-0.25, -0.2) is 0 Å². The Labute approximate surface area is 140 Å². The first-order valence-corrected chi connectivity index (χ1v) is 7.66. The summed E-state index contributed by atoms with van der Waals surface area (Å²) >= 11 is 0. The quantitative estimate of drug-likeness (QED) is 0.678. The third kappa shape index (κ3) is 2.63. The zero-order valence-corrected chi connectivity index (χ0v) is 13.4. The minimum atomic E-state index is -1.87. The molecule has 122 valence electrons. The van der Waals surface area contributed by atoms with E-state index in [1.165, 1.54) is 11.1 Å². The number of ketones is 1. The second-order valence-corrected chi connectivity index (χ2v) is 6.04. The molecule has 24 heavy (non-hydrogen) atoms. The summed E-state index contributed by atoms with van der Waals surface area (Å²) in [6, 6.07) is 12.0. The molecule has 1 aliphatic heterocycles. The van der Waals surface area contributed by atoms with Crippen molar-refractivity contribution in [3.8, 4) is 0 Å². The van der Waals surface area contributed by atoms with E-state index in [4.69, 9.17) is 0 Å². The fraction of sp³-hybridized carbons (Fsp3) is 0.211. The van der Waals surface area contributed by atoms with Crippen molar-refractivity contribution in [3.63, 3.8) is 0 Å². The van der Waals surface area contributed by atoms with E-state index >= 15 is 0 Å². The number of hydrogen-bond donors (Lipinski definition) is 1. The van der Waals surface area contributed by atoms with E-state index in [0.29, 0.717) is 17.8 Å². The highest BCUT2D eigenvalue weighted by atomic mass is 16.3. The minimum Gasteiger partial charge on any atom is -0.375 e. The fourth-order valence-electron chi connectivity index (χ4n) is 2.95. The van der Waals surface area contributed by atoms with Crippen LogP contribution in [0.3, 0.4) is 0 Å². The van der Waals surface area contributed by atoms with Gasteiger partial charge in [0.2, 0.25) is 0 Å². The fourth-order valence-corrected chi connectivity index (χ4v) is 2.95. The number of pyridine rings is 1. The van der Waals surface area contributed by atoms with Crippen LogP contribution in [0.25, 0.3) is 0 Å². The van der Waals surface area contributed by atoms with Crippen molar-refractivity contribution in [2.75, 3.05) is 11.4 Å². The van der Waals surface area contributed by atoms with E-state index in [2.05, 4.69) is 11.6 Å². The van der Waals surface area contributed by atoms with Gasteiger partial charge in [-0.1, -0.05) is 36.4 Å². The normalized spacial score (nSPS) is 19.2. The van der Waals surface area contributed by atoms with E-state index in [9.17, 15) is 14.7 Å². The molecular formula is C19H18N2O3. The predicted octanol–water partition coefficient (Wildman–Crippen LogP) is 2.46. The van der Waals surface area contributed by atoms with Crippen molar-refractivity contribution in [1.82, 2.24) is 4.98 Å². The SMILES string of the molecule is C=C(C)CN1C(=O)C(O)(CC(=O)c2ccccn2)c2ccccc21. The molecule has 0 spiro atoms. The molecule has 1 N–H and O–H groups in total.